The Kier molecular flexibility index (Phi) is 5.41. The third kappa shape index (κ3) is 4.40. The van der Waals surface area contributed by atoms with Gasteiger partial charge < -0.3 is 10.4 Å². The predicted octanol–water partition coefficient (Wildman–Crippen LogP) is 1.54. The molecule has 0 aliphatic heterocycles. The highest BCUT2D eigenvalue weighted by molar-refractivity contribution is 7.89. The normalized spacial score (nSPS) is 24.5. The first-order chi connectivity index (χ1) is 11.1. The van der Waals surface area contributed by atoms with Gasteiger partial charge >= 0.3 is 0 Å². The Morgan fingerprint density at radius 1 is 1.42 bits per heavy atom. The topological polar surface area (TPSA) is 136 Å². The van der Waals surface area contributed by atoms with Crippen LogP contribution in [0.3, 0.4) is 0 Å². The zero-order chi connectivity index (χ0) is 18.0. The van der Waals surface area contributed by atoms with Crippen LogP contribution in [0.4, 0.5) is 15.8 Å². The van der Waals surface area contributed by atoms with Crippen LogP contribution >= 0.6 is 0 Å². The van der Waals surface area contributed by atoms with E-state index in [4.69, 9.17) is 5.14 Å². The highest BCUT2D eigenvalue weighted by Gasteiger charge is 2.33. The van der Waals surface area contributed by atoms with Gasteiger partial charge in [0.05, 0.1) is 15.4 Å². The fourth-order valence-electron chi connectivity index (χ4n) is 2.80. The maximum Gasteiger partial charge on any atom is 0.293 e. The number of nitro groups is 1. The molecule has 0 radical (unpaired) electrons. The summed E-state index contributed by atoms with van der Waals surface area (Å²) in [4.78, 5) is 10.1. The molecule has 0 spiro atoms. The minimum Gasteiger partial charge on any atom is -0.387 e. The van der Waals surface area contributed by atoms with Crippen molar-refractivity contribution in [3.05, 3.63) is 28.3 Å². The van der Waals surface area contributed by atoms with E-state index >= 15 is 0 Å². The number of primary sulfonamides is 1. The molecule has 0 heterocycles. The fourth-order valence-corrected chi connectivity index (χ4v) is 3.33. The lowest BCUT2D eigenvalue weighted by molar-refractivity contribution is -0.384. The summed E-state index contributed by atoms with van der Waals surface area (Å²) in [7, 11) is -4.02. The number of rotatable bonds is 6. The molecule has 10 heteroatoms. The van der Waals surface area contributed by atoms with E-state index in [0.29, 0.717) is 32.2 Å². The first-order valence-electron chi connectivity index (χ1n) is 7.48. The van der Waals surface area contributed by atoms with E-state index in [0.717, 1.165) is 6.07 Å². The molecular weight excluding hydrogens is 341 g/mol. The third-order valence-electron chi connectivity index (χ3n) is 4.36. The lowest BCUT2D eigenvalue weighted by Gasteiger charge is -2.34. The number of aliphatic hydroxyl groups is 1. The first kappa shape index (κ1) is 18.6. The summed E-state index contributed by atoms with van der Waals surface area (Å²) < 4.78 is 35.3. The van der Waals surface area contributed by atoms with E-state index in [1.807, 2.05) is 0 Å². The summed E-state index contributed by atoms with van der Waals surface area (Å²) >= 11 is 0. The van der Waals surface area contributed by atoms with Crippen LogP contribution < -0.4 is 10.5 Å². The molecule has 0 aromatic heterocycles. The monoisotopic (exact) mass is 361 g/mol. The Hall–Kier alpha value is -1.78. The summed E-state index contributed by atoms with van der Waals surface area (Å²) in [6, 6.07) is 3.42. The van der Waals surface area contributed by atoms with Crippen molar-refractivity contribution in [1.82, 2.24) is 0 Å². The summed E-state index contributed by atoms with van der Waals surface area (Å²) in [5, 5.41) is 28.9. The lowest BCUT2D eigenvalue weighted by Crippen LogP contribution is -2.37. The largest absolute Gasteiger partial charge is 0.387 e. The van der Waals surface area contributed by atoms with Crippen LogP contribution in [0.25, 0.3) is 0 Å². The molecule has 1 aliphatic carbocycles. The van der Waals surface area contributed by atoms with E-state index in [1.54, 1.807) is 0 Å². The van der Waals surface area contributed by atoms with Gasteiger partial charge in [-0.05, 0) is 43.7 Å². The second kappa shape index (κ2) is 6.99. The average molecular weight is 361 g/mol. The predicted molar refractivity (Wildman–Crippen MR) is 85.8 cm³/mol. The van der Waals surface area contributed by atoms with Crippen LogP contribution in [0.2, 0.25) is 0 Å². The Morgan fingerprint density at radius 3 is 2.54 bits per heavy atom. The fraction of sp³-hybridized carbons (Fsp3) is 0.571. The van der Waals surface area contributed by atoms with Crippen molar-refractivity contribution in [1.29, 1.82) is 0 Å². The molecule has 0 bridgehead atoms. The molecule has 0 unspecified atom stereocenters. The Labute approximate surface area is 139 Å². The first-order valence-corrected chi connectivity index (χ1v) is 9.03. The Bertz CT molecular complexity index is 717. The van der Waals surface area contributed by atoms with Crippen LogP contribution in [0, 0.1) is 16.0 Å². The van der Waals surface area contributed by atoms with Crippen molar-refractivity contribution >= 4 is 21.4 Å². The number of anilines is 1. The third-order valence-corrected chi connectivity index (χ3v) is 5.27. The molecule has 1 aliphatic rings. The number of nitrogens with zero attached hydrogens (tertiary/aromatic N) is 1. The second-order valence-electron chi connectivity index (χ2n) is 6.16. The number of nitro benzene ring substituents is 1. The van der Waals surface area contributed by atoms with Crippen LogP contribution in [0.15, 0.2) is 23.1 Å². The van der Waals surface area contributed by atoms with Crippen LogP contribution in [0.5, 0.6) is 0 Å². The Morgan fingerprint density at radius 2 is 2.04 bits per heavy atom. The molecular formula is C14H20FN3O5S. The number of sulfonamides is 1. The van der Waals surface area contributed by atoms with Crippen molar-refractivity contribution in [2.45, 2.75) is 36.2 Å². The van der Waals surface area contributed by atoms with Crippen molar-refractivity contribution in [2.75, 3.05) is 18.5 Å². The van der Waals surface area contributed by atoms with Gasteiger partial charge in [0.15, 0.2) is 0 Å². The van der Waals surface area contributed by atoms with E-state index in [-0.39, 0.29) is 22.2 Å². The molecule has 2 rings (SSSR count). The van der Waals surface area contributed by atoms with Crippen LogP contribution in [-0.2, 0) is 10.0 Å². The number of hydrogen-bond donors (Lipinski definition) is 3. The quantitative estimate of drug-likeness (QED) is 0.519. The van der Waals surface area contributed by atoms with Gasteiger partial charge in [-0.3, -0.25) is 10.1 Å². The second-order valence-corrected chi connectivity index (χ2v) is 7.72. The molecule has 1 fully saturated rings. The zero-order valence-corrected chi connectivity index (χ0v) is 13.8. The van der Waals surface area contributed by atoms with Gasteiger partial charge in [0, 0.05) is 12.6 Å². The van der Waals surface area contributed by atoms with E-state index in [2.05, 4.69) is 5.32 Å². The van der Waals surface area contributed by atoms with Gasteiger partial charge in [-0.1, -0.05) is 0 Å². The molecule has 24 heavy (non-hydrogen) atoms. The molecule has 1 aromatic rings. The standard InChI is InChI=1S/C14H20FN3O5S/c15-9-14(19)5-3-10(4-6-14)8-17-12-2-1-11(24(16,22)23)7-13(12)18(20)21/h1-2,7,10,17,19H,3-6,8-9H2,(H2,16,22,23)/t10-,14+. The van der Waals surface area contributed by atoms with Crippen molar-refractivity contribution in [2.24, 2.45) is 11.1 Å². The molecule has 0 atom stereocenters. The van der Waals surface area contributed by atoms with E-state index in [9.17, 15) is 28.0 Å². The molecule has 0 saturated heterocycles. The maximum atomic E-state index is 12.7. The van der Waals surface area contributed by atoms with Gasteiger partial charge in [0.1, 0.15) is 12.4 Å². The van der Waals surface area contributed by atoms with Crippen LogP contribution in [-0.4, -0.2) is 37.3 Å². The number of nitrogens with two attached hydrogens (primary N) is 1. The van der Waals surface area contributed by atoms with Crippen molar-refractivity contribution < 1.29 is 22.8 Å². The molecule has 134 valence electrons. The summed E-state index contributed by atoms with van der Waals surface area (Å²) in [6.07, 6.45) is 1.91. The number of hydrogen-bond acceptors (Lipinski definition) is 6. The van der Waals surface area contributed by atoms with Gasteiger partial charge in [0.2, 0.25) is 10.0 Å². The van der Waals surface area contributed by atoms with Gasteiger partial charge in [-0.2, -0.15) is 0 Å². The summed E-state index contributed by atoms with van der Waals surface area (Å²) in [5.41, 5.74) is -1.43. The van der Waals surface area contributed by atoms with Gasteiger partial charge in [0.25, 0.3) is 5.69 Å². The average Bonchev–Trinajstić information content (AvgIpc) is 2.53. The minimum atomic E-state index is -4.02. The summed E-state index contributed by atoms with van der Waals surface area (Å²) in [5.74, 6) is 0.148. The molecule has 0 amide bonds. The highest BCUT2D eigenvalue weighted by atomic mass is 32.2. The summed E-state index contributed by atoms with van der Waals surface area (Å²) in [6.45, 7) is -0.356. The maximum absolute atomic E-state index is 12.7. The van der Waals surface area contributed by atoms with E-state index in [1.165, 1.54) is 12.1 Å². The molecule has 1 aromatic carbocycles. The van der Waals surface area contributed by atoms with Crippen molar-refractivity contribution in [3.63, 3.8) is 0 Å². The Balaban J connectivity index is 2.06. The lowest BCUT2D eigenvalue weighted by atomic mass is 9.79. The number of alkyl halides is 1. The van der Waals surface area contributed by atoms with Crippen LogP contribution in [0.1, 0.15) is 25.7 Å². The number of halogens is 1. The number of nitrogens with one attached hydrogen (secondary N) is 1. The number of benzene rings is 1. The van der Waals surface area contributed by atoms with Gasteiger partial charge in [-0.15, -0.1) is 0 Å². The van der Waals surface area contributed by atoms with Gasteiger partial charge in [-0.25, -0.2) is 17.9 Å². The minimum absolute atomic E-state index is 0.148. The SMILES string of the molecule is NS(=O)(=O)c1ccc(NC[C@H]2CC[C@](O)(CF)CC2)c([N+](=O)[O-])c1. The molecule has 1 saturated carbocycles. The molecule has 4 N–H and O–H groups in total. The van der Waals surface area contributed by atoms with Crippen molar-refractivity contribution in [3.8, 4) is 0 Å². The zero-order valence-electron chi connectivity index (χ0n) is 12.9. The van der Waals surface area contributed by atoms with E-state index < -0.39 is 27.2 Å². The molecule has 8 nitrogen and oxygen atoms in total. The smallest absolute Gasteiger partial charge is 0.293 e. The highest BCUT2D eigenvalue weighted by Crippen LogP contribution is 2.33.